The van der Waals surface area contributed by atoms with Crippen molar-refractivity contribution in [3.63, 3.8) is 0 Å². The first-order valence-electron chi connectivity index (χ1n) is 8.52. The van der Waals surface area contributed by atoms with Crippen molar-refractivity contribution in [1.82, 2.24) is 0 Å². The van der Waals surface area contributed by atoms with Crippen LogP contribution in [-0.4, -0.2) is 28.2 Å². The molecule has 0 aliphatic carbocycles. The second-order valence-corrected chi connectivity index (χ2v) is 6.74. The fraction of sp³-hybridized carbons (Fsp3) is 0.227. The second kappa shape index (κ2) is 8.54. The molecule has 0 fully saturated rings. The van der Waals surface area contributed by atoms with Gasteiger partial charge in [0.1, 0.15) is 7.05 Å². The molecule has 0 saturated carbocycles. The Morgan fingerprint density at radius 1 is 0.808 bits per heavy atom. The predicted molar refractivity (Wildman–Crippen MR) is 109 cm³/mol. The van der Waals surface area contributed by atoms with Gasteiger partial charge in [0.15, 0.2) is 6.20 Å². The number of aryl methyl sites for hydroxylation is 1. The first-order chi connectivity index (χ1) is 12.0. The molecule has 4 heteroatoms. The lowest BCUT2D eigenvalue weighted by Crippen LogP contribution is -3.00. The fourth-order valence-electron chi connectivity index (χ4n) is 3.23. The second-order valence-electron chi connectivity index (χ2n) is 6.74. The number of halogens is 1. The highest BCUT2D eigenvalue weighted by Gasteiger charge is 2.13. The Hall–Kier alpha value is -2.08. The molecular formula is C22H26IN3. The van der Waals surface area contributed by atoms with Crippen molar-refractivity contribution in [2.75, 3.05) is 38.0 Å². The lowest BCUT2D eigenvalue weighted by atomic mass is 10.0. The number of hydrogen-bond donors (Lipinski definition) is 0. The summed E-state index contributed by atoms with van der Waals surface area (Å²) in [5.41, 5.74) is 4.88. The van der Waals surface area contributed by atoms with Gasteiger partial charge in [-0.25, -0.2) is 4.57 Å². The normalized spacial score (nSPS) is 10.8. The molecule has 1 aromatic heterocycles. The summed E-state index contributed by atoms with van der Waals surface area (Å²) in [7, 11) is 10.5. The van der Waals surface area contributed by atoms with Crippen LogP contribution in [0.15, 0.2) is 54.7 Å². The van der Waals surface area contributed by atoms with E-state index < -0.39 is 0 Å². The van der Waals surface area contributed by atoms with Crippen LogP contribution >= 0.6 is 0 Å². The van der Waals surface area contributed by atoms with E-state index in [0.29, 0.717) is 0 Å². The molecule has 3 nitrogen and oxygen atoms in total. The molecule has 0 bridgehead atoms. The Morgan fingerprint density at radius 3 is 2.23 bits per heavy atom. The maximum absolute atomic E-state index is 2.21. The van der Waals surface area contributed by atoms with E-state index in [1.54, 1.807) is 0 Å². The van der Waals surface area contributed by atoms with Crippen LogP contribution in [0.1, 0.15) is 11.3 Å². The maximum Gasteiger partial charge on any atom is 0.204 e. The van der Waals surface area contributed by atoms with Gasteiger partial charge in [0.25, 0.3) is 0 Å². The molecule has 1 heterocycles. The summed E-state index contributed by atoms with van der Waals surface area (Å²) >= 11 is 0. The number of benzene rings is 2. The fourth-order valence-corrected chi connectivity index (χ4v) is 3.23. The van der Waals surface area contributed by atoms with Crippen molar-refractivity contribution < 1.29 is 28.5 Å². The summed E-state index contributed by atoms with van der Waals surface area (Å²) in [6.45, 7) is 0. The molecule has 0 amide bonds. The van der Waals surface area contributed by atoms with Crippen molar-refractivity contribution in [2.45, 2.75) is 0 Å². The van der Waals surface area contributed by atoms with Gasteiger partial charge < -0.3 is 33.8 Å². The minimum atomic E-state index is 0. The third kappa shape index (κ3) is 4.01. The van der Waals surface area contributed by atoms with Gasteiger partial charge in [-0.1, -0.05) is 24.3 Å². The zero-order valence-corrected chi connectivity index (χ0v) is 18.2. The molecule has 0 radical (unpaired) electrons. The van der Waals surface area contributed by atoms with Crippen LogP contribution in [0.2, 0.25) is 0 Å². The molecule has 0 unspecified atom stereocenters. The maximum atomic E-state index is 2.21. The van der Waals surface area contributed by atoms with Crippen LogP contribution in [0.5, 0.6) is 0 Å². The molecular weight excluding hydrogens is 433 g/mol. The zero-order chi connectivity index (χ0) is 18.0. The average molecular weight is 459 g/mol. The van der Waals surface area contributed by atoms with Crippen molar-refractivity contribution in [2.24, 2.45) is 7.05 Å². The van der Waals surface area contributed by atoms with Gasteiger partial charge >= 0.3 is 0 Å². The first-order valence-corrected chi connectivity index (χ1v) is 8.52. The molecule has 0 saturated heterocycles. The third-order valence-corrected chi connectivity index (χ3v) is 4.49. The van der Waals surface area contributed by atoms with Gasteiger partial charge in [-0.3, -0.25) is 0 Å². The van der Waals surface area contributed by atoms with Gasteiger partial charge in [0.05, 0.1) is 5.69 Å². The van der Waals surface area contributed by atoms with E-state index in [-0.39, 0.29) is 24.0 Å². The molecule has 26 heavy (non-hydrogen) atoms. The smallest absolute Gasteiger partial charge is 0.204 e. The number of rotatable bonds is 4. The van der Waals surface area contributed by atoms with E-state index in [9.17, 15) is 0 Å². The number of fused-ring (bicyclic) bond motifs is 1. The number of hydrogen-bond acceptors (Lipinski definition) is 2. The summed E-state index contributed by atoms with van der Waals surface area (Å²) in [5.74, 6) is 0. The molecule has 2 aromatic carbocycles. The van der Waals surface area contributed by atoms with Gasteiger partial charge in [0, 0.05) is 57.5 Å². The quantitative estimate of drug-likeness (QED) is 0.426. The summed E-state index contributed by atoms with van der Waals surface area (Å²) in [5, 5.41) is 2.55. The minimum Gasteiger partial charge on any atom is -1.00 e. The molecule has 0 aliphatic rings. The minimum absolute atomic E-state index is 0. The van der Waals surface area contributed by atoms with Gasteiger partial charge in [-0.2, -0.15) is 0 Å². The topological polar surface area (TPSA) is 10.4 Å². The standard InChI is InChI=1S/C22H26N3.HI/c1-23(2)20-11-8-9-17-12-13-18(22(21(17)20)24(3)4)14-15-19-10-6-7-16-25(19)5;/h6-16H,1-5H3;1H/q+1;/p-1. The van der Waals surface area contributed by atoms with E-state index in [0.717, 1.165) is 0 Å². The number of anilines is 2. The summed E-state index contributed by atoms with van der Waals surface area (Å²) < 4.78 is 2.12. The molecule has 3 rings (SSSR count). The SMILES string of the molecule is CN(C)c1cccc2ccc(/C=C/c3cccc[n+]3C)c(N(C)C)c12.[I-]. The van der Waals surface area contributed by atoms with Crippen LogP contribution < -0.4 is 38.3 Å². The molecule has 0 atom stereocenters. The molecule has 3 aromatic rings. The van der Waals surface area contributed by atoms with E-state index in [2.05, 4.69) is 110 Å². The lowest BCUT2D eigenvalue weighted by Gasteiger charge is -2.23. The Labute approximate surface area is 173 Å². The molecule has 0 spiro atoms. The third-order valence-electron chi connectivity index (χ3n) is 4.49. The number of pyridine rings is 1. The summed E-state index contributed by atoms with van der Waals surface area (Å²) in [4.78, 5) is 4.39. The highest BCUT2D eigenvalue weighted by Crippen LogP contribution is 2.37. The van der Waals surface area contributed by atoms with E-state index in [1.807, 2.05) is 6.07 Å². The van der Waals surface area contributed by atoms with E-state index in [4.69, 9.17) is 0 Å². The van der Waals surface area contributed by atoms with Crippen molar-refractivity contribution in [3.8, 4) is 0 Å². The predicted octanol–water partition coefficient (Wildman–Crippen LogP) is 0.971. The Balaban J connectivity index is 0.00000243. The number of aromatic nitrogens is 1. The Bertz CT molecular complexity index is 930. The zero-order valence-electron chi connectivity index (χ0n) is 16.1. The lowest BCUT2D eigenvalue weighted by molar-refractivity contribution is -0.673. The average Bonchev–Trinajstić information content (AvgIpc) is 2.59. The van der Waals surface area contributed by atoms with Crippen LogP contribution in [0, 0.1) is 0 Å². The van der Waals surface area contributed by atoms with Crippen LogP contribution in [0.3, 0.4) is 0 Å². The van der Waals surface area contributed by atoms with Crippen LogP contribution in [-0.2, 0) is 7.05 Å². The van der Waals surface area contributed by atoms with Crippen molar-refractivity contribution in [1.29, 1.82) is 0 Å². The van der Waals surface area contributed by atoms with Crippen LogP contribution in [0.25, 0.3) is 22.9 Å². The molecule has 0 aliphatic heterocycles. The van der Waals surface area contributed by atoms with Gasteiger partial charge in [-0.15, -0.1) is 0 Å². The Kier molecular flexibility index (Phi) is 6.64. The number of nitrogens with zero attached hydrogens (tertiary/aromatic N) is 3. The van der Waals surface area contributed by atoms with E-state index in [1.165, 1.54) is 33.4 Å². The molecule has 0 N–H and O–H groups in total. The Morgan fingerprint density at radius 2 is 1.58 bits per heavy atom. The monoisotopic (exact) mass is 459 g/mol. The summed E-state index contributed by atoms with van der Waals surface area (Å²) in [6, 6.07) is 17.1. The summed E-state index contributed by atoms with van der Waals surface area (Å²) in [6.07, 6.45) is 6.44. The highest BCUT2D eigenvalue weighted by atomic mass is 127. The first kappa shape index (κ1) is 20.2. The van der Waals surface area contributed by atoms with Crippen molar-refractivity contribution >= 4 is 34.3 Å². The van der Waals surface area contributed by atoms with Crippen molar-refractivity contribution in [3.05, 3.63) is 66.0 Å². The van der Waals surface area contributed by atoms with Gasteiger partial charge in [-0.05, 0) is 29.2 Å². The largest absolute Gasteiger partial charge is 1.00 e. The van der Waals surface area contributed by atoms with E-state index >= 15 is 0 Å². The highest BCUT2D eigenvalue weighted by molar-refractivity contribution is 6.06. The van der Waals surface area contributed by atoms with Gasteiger partial charge in [0.2, 0.25) is 5.69 Å². The molecule has 136 valence electrons. The van der Waals surface area contributed by atoms with Crippen LogP contribution in [0.4, 0.5) is 11.4 Å².